The Morgan fingerprint density at radius 1 is 1.44 bits per heavy atom. The lowest BCUT2D eigenvalue weighted by molar-refractivity contribution is 0.0526. The Balaban J connectivity index is 2.30. The van der Waals surface area contributed by atoms with Crippen LogP contribution in [-0.4, -0.2) is 27.8 Å². The van der Waals surface area contributed by atoms with E-state index in [1.165, 1.54) is 0 Å². The van der Waals surface area contributed by atoms with Gasteiger partial charge in [-0.2, -0.15) is 5.10 Å². The summed E-state index contributed by atoms with van der Waals surface area (Å²) in [6.45, 7) is 2.13. The zero-order valence-electron chi connectivity index (χ0n) is 8.80. The highest BCUT2D eigenvalue weighted by molar-refractivity contribution is 5.90. The average Bonchev–Trinajstić information content (AvgIpc) is 2.83. The lowest BCUT2D eigenvalue weighted by Gasteiger charge is -2.02. The summed E-state index contributed by atoms with van der Waals surface area (Å²) in [5.74, 6) is -0.342. The Kier molecular flexibility index (Phi) is 2.95. The topological polar surface area (TPSA) is 67.9 Å². The van der Waals surface area contributed by atoms with Crippen LogP contribution in [0.3, 0.4) is 0 Å². The molecule has 0 saturated heterocycles. The van der Waals surface area contributed by atoms with E-state index in [-0.39, 0.29) is 5.97 Å². The Bertz CT molecular complexity index is 480. The van der Waals surface area contributed by atoms with E-state index in [0.29, 0.717) is 17.9 Å². The number of hydrogen-bond donors (Lipinski definition) is 1. The van der Waals surface area contributed by atoms with Crippen LogP contribution in [0.5, 0.6) is 0 Å². The van der Waals surface area contributed by atoms with E-state index in [1.807, 2.05) is 0 Å². The molecule has 16 heavy (non-hydrogen) atoms. The fraction of sp³-hybridized carbons (Fsp3) is 0.182. The highest BCUT2D eigenvalue weighted by atomic mass is 16.5. The minimum absolute atomic E-state index is 0.342. The van der Waals surface area contributed by atoms with Crippen LogP contribution < -0.4 is 0 Å². The summed E-state index contributed by atoms with van der Waals surface area (Å²) < 4.78 is 4.91. The van der Waals surface area contributed by atoms with Gasteiger partial charge in [-0.3, -0.25) is 10.1 Å². The largest absolute Gasteiger partial charge is 0.462 e. The number of H-pyrrole nitrogens is 1. The van der Waals surface area contributed by atoms with Gasteiger partial charge in [0, 0.05) is 12.4 Å². The van der Waals surface area contributed by atoms with Crippen molar-refractivity contribution in [1.29, 1.82) is 0 Å². The normalized spacial score (nSPS) is 10.1. The van der Waals surface area contributed by atoms with E-state index in [2.05, 4.69) is 15.2 Å². The van der Waals surface area contributed by atoms with Crippen molar-refractivity contribution in [2.75, 3.05) is 6.61 Å². The minimum Gasteiger partial charge on any atom is -0.462 e. The third-order valence-electron chi connectivity index (χ3n) is 2.05. The van der Waals surface area contributed by atoms with Gasteiger partial charge in [0.2, 0.25) is 0 Å². The Morgan fingerprint density at radius 3 is 3.00 bits per heavy atom. The molecule has 0 unspecified atom stereocenters. The number of esters is 1. The molecule has 2 aromatic rings. The Labute approximate surface area is 92.5 Å². The van der Waals surface area contributed by atoms with Gasteiger partial charge >= 0.3 is 5.97 Å². The Hall–Kier alpha value is -2.17. The van der Waals surface area contributed by atoms with E-state index in [0.717, 1.165) is 5.69 Å². The molecule has 0 aliphatic rings. The van der Waals surface area contributed by atoms with Crippen molar-refractivity contribution in [3.8, 4) is 11.4 Å². The molecule has 5 heteroatoms. The van der Waals surface area contributed by atoms with Crippen molar-refractivity contribution < 1.29 is 9.53 Å². The lowest BCUT2D eigenvalue weighted by Crippen LogP contribution is -2.05. The first kappa shape index (κ1) is 10.4. The first-order valence-electron chi connectivity index (χ1n) is 4.94. The molecule has 0 aliphatic carbocycles. The maximum Gasteiger partial charge on any atom is 0.338 e. The molecule has 2 rings (SSSR count). The molecule has 2 heterocycles. The fourth-order valence-electron chi connectivity index (χ4n) is 1.32. The highest BCUT2D eigenvalue weighted by Gasteiger charge is 2.08. The molecule has 0 bridgehead atoms. The summed E-state index contributed by atoms with van der Waals surface area (Å²) in [6, 6.07) is 5.08. The van der Waals surface area contributed by atoms with E-state index in [4.69, 9.17) is 4.74 Å². The quantitative estimate of drug-likeness (QED) is 0.794. The molecule has 0 radical (unpaired) electrons. The lowest BCUT2D eigenvalue weighted by atomic mass is 10.2. The second-order valence-corrected chi connectivity index (χ2v) is 3.12. The van der Waals surface area contributed by atoms with Crippen molar-refractivity contribution >= 4 is 5.97 Å². The van der Waals surface area contributed by atoms with Crippen LogP contribution in [0.4, 0.5) is 0 Å². The number of nitrogens with one attached hydrogen (secondary N) is 1. The number of hydrogen-bond acceptors (Lipinski definition) is 4. The predicted molar refractivity (Wildman–Crippen MR) is 57.8 cm³/mol. The SMILES string of the molecule is CCOC(=O)c1ccnc(-c2ccn[nH]2)c1. The summed E-state index contributed by atoms with van der Waals surface area (Å²) in [5, 5.41) is 6.62. The number of ether oxygens (including phenoxy) is 1. The molecule has 0 aliphatic heterocycles. The van der Waals surface area contributed by atoms with Crippen molar-refractivity contribution in [3.05, 3.63) is 36.2 Å². The van der Waals surface area contributed by atoms with Gasteiger partial charge in [0.1, 0.15) is 0 Å². The van der Waals surface area contributed by atoms with E-state index in [9.17, 15) is 4.79 Å². The van der Waals surface area contributed by atoms with E-state index in [1.54, 1.807) is 37.5 Å². The summed E-state index contributed by atoms with van der Waals surface area (Å²) in [6.07, 6.45) is 3.20. The van der Waals surface area contributed by atoms with Crippen LogP contribution in [0.1, 0.15) is 17.3 Å². The number of carbonyl (C=O) groups excluding carboxylic acids is 1. The van der Waals surface area contributed by atoms with Crippen LogP contribution in [0.2, 0.25) is 0 Å². The number of carbonyl (C=O) groups is 1. The van der Waals surface area contributed by atoms with Crippen molar-refractivity contribution in [2.45, 2.75) is 6.92 Å². The van der Waals surface area contributed by atoms with Crippen LogP contribution >= 0.6 is 0 Å². The van der Waals surface area contributed by atoms with Gasteiger partial charge in [0.15, 0.2) is 0 Å². The summed E-state index contributed by atoms with van der Waals surface area (Å²) >= 11 is 0. The average molecular weight is 217 g/mol. The molecule has 82 valence electrons. The first-order chi connectivity index (χ1) is 7.81. The standard InChI is InChI=1S/C11H11N3O2/c1-2-16-11(15)8-3-5-12-10(7-8)9-4-6-13-14-9/h3-7H,2H2,1H3,(H,13,14). The van der Waals surface area contributed by atoms with Crippen molar-refractivity contribution in [3.63, 3.8) is 0 Å². The van der Waals surface area contributed by atoms with Gasteiger partial charge in [0.25, 0.3) is 0 Å². The molecule has 2 aromatic heterocycles. The molecule has 0 atom stereocenters. The van der Waals surface area contributed by atoms with Crippen LogP contribution in [-0.2, 0) is 4.74 Å². The summed E-state index contributed by atoms with van der Waals surface area (Å²) in [7, 11) is 0. The van der Waals surface area contributed by atoms with Gasteiger partial charge in [-0.15, -0.1) is 0 Å². The van der Waals surface area contributed by atoms with E-state index >= 15 is 0 Å². The summed E-state index contributed by atoms with van der Waals surface area (Å²) in [4.78, 5) is 15.6. The van der Waals surface area contributed by atoms with Gasteiger partial charge < -0.3 is 4.74 Å². The third-order valence-corrected chi connectivity index (χ3v) is 2.05. The Morgan fingerprint density at radius 2 is 2.31 bits per heavy atom. The minimum atomic E-state index is -0.342. The van der Waals surface area contributed by atoms with Gasteiger partial charge in [-0.25, -0.2) is 4.79 Å². The highest BCUT2D eigenvalue weighted by Crippen LogP contribution is 2.14. The molecular formula is C11H11N3O2. The second-order valence-electron chi connectivity index (χ2n) is 3.12. The molecule has 1 N–H and O–H groups in total. The number of aromatic nitrogens is 3. The van der Waals surface area contributed by atoms with Crippen molar-refractivity contribution in [1.82, 2.24) is 15.2 Å². The fourth-order valence-corrected chi connectivity index (χ4v) is 1.32. The van der Waals surface area contributed by atoms with Crippen LogP contribution in [0.15, 0.2) is 30.6 Å². The molecule has 0 aromatic carbocycles. The second kappa shape index (κ2) is 4.57. The maximum atomic E-state index is 11.5. The smallest absolute Gasteiger partial charge is 0.338 e. The molecule has 0 spiro atoms. The molecule has 0 amide bonds. The van der Waals surface area contributed by atoms with E-state index < -0.39 is 0 Å². The number of rotatable bonds is 3. The van der Waals surface area contributed by atoms with Crippen LogP contribution in [0.25, 0.3) is 11.4 Å². The number of pyridine rings is 1. The van der Waals surface area contributed by atoms with Gasteiger partial charge in [-0.05, 0) is 25.1 Å². The number of nitrogens with zero attached hydrogens (tertiary/aromatic N) is 2. The maximum absolute atomic E-state index is 11.5. The van der Waals surface area contributed by atoms with Gasteiger partial charge in [0.05, 0.1) is 23.6 Å². The first-order valence-corrected chi connectivity index (χ1v) is 4.94. The summed E-state index contributed by atoms with van der Waals surface area (Å²) in [5.41, 5.74) is 1.93. The van der Waals surface area contributed by atoms with Crippen LogP contribution in [0, 0.1) is 0 Å². The third kappa shape index (κ3) is 2.08. The monoisotopic (exact) mass is 217 g/mol. The van der Waals surface area contributed by atoms with Gasteiger partial charge in [-0.1, -0.05) is 0 Å². The zero-order chi connectivity index (χ0) is 11.4. The molecule has 0 fully saturated rings. The zero-order valence-corrected chi connectivity index (χ0v) is 8.80. The predicted octanol–water partition coefficient (Wildman–Crippen LogP) is 1.65. The molecular weight excluding hydrogens is 206 g/mol. The number of aromatic amines is 1. The molecule has 0 saturated carbocycles. The molecule has 5 nitrogen and oxygen atoms in total. The van der Waals surface area contributed by atoms with Crippen molar-refractivity contribution in [2.24, 2.45) is 0 Å².